The van der Waals surface area contributed by atoms with Crippen LogP contribution in [0.15, 0.2) is 30.4 Å². The van der Waals surface area contributed by atoms with Crippen molar-refractivity contribution in [3.05, 3.63) is 41.5 Å². The van der Waals surface area contributed by atoms with Gasteiger partial charge in [-0.25, -0.2) is 0 Å². The highest BCUT2D eigenvalue weighted by molar-refractivity contribution is 5.38. The first kappa shape index (κ1) is 12.2. The Morgan fingerprint density at radius 3 is 2.82 bits per heavy atom. The van der Waals surface area contributed by atoms with Crippen LogP contribution >= 0.6 is 0 Å². The molecule has 0 bridgehead atoms. The normalized spacial score (nSPS) is 21.2. The molecular weight excluding hydrogens is 212 g/mol. The van der Waals surface area contributed by atoms with Crippen LogP contribution in [0.2, 0.25) is 0 Å². The van der Waals surface area contributed by atoms with Gasteiger partial charge in [0.25, 0.3) is 0 Å². The topological polar surface area (TPSA) is 29.5 Å². The summed E-state index contributed by atoms with van der Waals surface area (Å²) < 4.78 is 5.33. The molecule has 0 heterocycles. The fraction of sp³-hybridized carbons (Fsp3) is 0.467. The van der Waals surface area contributed by atoms with E-state index in [0.717, 1.165) is 36.1 Å². The predicted octanol–water partition coefficient (Wildman–Crippen LogP) is 3.39. The van der Waals surface area contributed by atoms with Gasteiger partial charge in [-0.05, 0) is 44.2 Å². The maximum Gasteiger partial charge on any atom is 0.124 e. The van der Waals surface area contributed by atoms with Crippen LogP contribution in [0, 0.1) is 12.8 Å². The molecule has 1 N–H and O–H groups in total. The van der Waals surface area contributed by atoms with Gasteiger partial charge in [-0.3, -0.25) is 0 Å². The van der Waals surface area contributed by atoms with Crippen LogP contribution in [-0.2, 0) is 0 Å². The Labute approximate surface area is 103 Å². The first-order valence-corrected chi connectivity index (χ1v) is 6.20. The van der Waals surface area contributed by atoms with Crippen molar-refractivity contribution in [2.75, 3.05) is 7.11 Å². The first-order valence-electron chi connectivity index (χ1n) is 6.20. The highest BCUT2D eigenvalue weighted by Gasteiger charge is 2.23. The van der Waals surface area contributed by atoms with Crippen molar-refractivity contribution in [1.29, 1.82) is 0 Å². The number of aliphatic hydroxyl groups is 1. The number of methoxy groups -OCH3 is 1. The molecule has 0 aromatic heterocycles. The molecule has 0 saturated heterocycles. The molecule has 2 rings (SSSR count). The molecule has 2 heteroatoms. The van der Waals surface area contributed by atoms with Crippen molar-refractivity contribution >= 4 is 0 Å². The van der Waals surface area contributed by atoms with E-state index in [-0.39, 0.29) is 0 Å². The molecule has 2 unspecified atom stereocenters. The molecule has 0 radical (unpaired) electrons. The number of allylic oxidation sites excluding steroid dienone is 2. The van der Waals surface area contributed by atoms with Crippen LogP contribution in [-0.4, -0.2) is 12.2 Å². The zero-order valence-corrected chi connectivity index (χ0v) is 10.5. The van der Waals surface area contributed by atoms with Crippen molar-refractivity contribution in [2.45, 2.75) is 32.3 Å². The van der Waals surface area contributed by atoms with Crippen LogP contribution in [0.5, 0.6) is 5.75 Å². The summed E-state index contributed by atoms with van der Waals surface area (Å²) >= 11 is 0. The lowest BCUT2D eigenvalue weighted by Crippen LogP contribution is -2.15. The molecule has 0 saturated carbocycles. The number of rotatable bonds is 3. The van der Waals surface area contributed by atoms with Crippen molar-refractivity contribution in [3.8, 4) is 5.75 Å². The maximum atomic E-state index is 10.5. The average Bonchev–Trinajstić information content (AvgIpc) is 2.39. The van der Waals surface area contributed by atoms with Crippen LogP contribution in [0.3, 0.4) is 0 Å². The van der Waals surface area contributed by atoms with Crippen molar-refractivity contribution in [1.82, 2.24) is 0 Å². The monoisotopic (exact) mass is 232 g/mol. The summed E-state index contributed by atoms with van der Waals surface area (Å²) in [6.45, 7) is 2.04. The fourth-order valence-electron chi connectivity index (χ4n) is 2.44. The minimum atomic E-state index is -0.421. The molecule has 0 amide bonds. The van der Waals surface area contributed by atoms with Gasteiger partial charge in [-0.2, -0.15) is 0 Å². The number of hydrogen-bond acceptors (Lipinski definition) is 2. The van der Waals surface area contributed by atoms with Crippen LogP contribution in [0.4, 0.5) is 0 Å². The molecule has 1 aliphatic carbocycles. The number of hydrogen-bond donors (Lipinski definition) is 1. The van der Waals surface area contributed by atoms with Gasteiger partial charge in [-0.1, -0.05) is 23.8 Å². The Balaban J connectivity index is 2.25. The zero-order chi connectivity index (χ0) is 12.3. The summed E-state index contributed by atoms with van der Waals surface area (Å²) in [5.74, 6) is 1.10. The van der Waals surface area contributed by atoms with Gasteiger partial charge in [0, 0.05) is 5.56 Å². The summed E-state index contributed by atoms with van der Waals surface area (Å²) in [7, 11) is 1.65. The number of aryl methyl sites for hydroxylation is 1. The first-order chi connectivity index (χ1) is 8.22. The molecule has 17 heavy (non-hydrogen) atoms. The Morgan fingerprint density at radius 1 is 1.35 bits per heavy atom. The molecular formula is C15H20O2. The van der Waals surface area contributed by atoms with E-state index in [4.69, 9.17) is 4.74 Å². The third kappa shape index (κ3) is 2.70. The lowest BCUT2D eigenvalue weighted by molar-refractivity contribution is 0.0996. The third-order valence-electron chi connectivity index (χ3n) is 3.46. The fourth-order valence-corrected chi connectivity index (χ4v) is 2.44. The highest BCUT2D eigenvalue weighted by Crippen LogP contribution is 2.36. The van der Waals surface area contributed by atoms with Gasteiger partial charge in [0.15, 0.2) is 0 Å². The second-order valence-corrected chi connectivity index (χ2v) is 4.73. The minimum Gasteiger partial charge on any atom is -0.496 e. The van der Waals surface area contributed by atoms with E-state index in [2.05, 4.69) is 12.2 Å². The van der Waals surface area contributed by atoms with E-state index in [0.29, 0.717) is 5.92 Å². The van der Waals surface area contributed by atoms with Crippen LogP contribution in [0.25, 0.3) is 0 Å². The third-order valence-corrected chi connectivity index (χ3v) is 3.46. The Bertz CT molecular complexity index is 409. The van der Waals surface area contributed by atoms with E-state index in [9.17, 15) is 5.11 Å². The number of aliphatic hydroxyl groups excluding tert-OH is 1. The van der Waals surface area contributed by atoms with Crippen molar-refractivity contribution < 1.29 is 9.84 Å². The molecule has 1 aromatic carbocycles. The summed E-state index contributed by atoms with van der Waals surface area (Å²) in [6.07, 6.45) is 7.01. The second kappa shape index (κ2) is 5.37. The van der Waals surface area contributed by atoms with E-state index >= 15 is 0 Å². The van der Waals surface area contributed by atoms with Crippen LogP contribution in [0.1, 0.15) is 36.5 Å². The molecule has 0 aliphatic heterocycles. The molecule has 1 aromatic rings. The van der Waals surface area contributed by atoms with Crippen molar-refractivity contribution in [2.24, 2.45) is 5.92 Å². The average molecular weight is 232 g/mol. The Kier molecular flexibility index (Phi) is 3.85. The lowest BCUT2D eigenvalue weighted by atomic mass is 9.85. The number of benzene rings is 1. The molecule has 1 aliphatic rings. The second-order valence-electron chi connectivity index (χ2n) is 4.73. The van der Waals surface area contributed by atoms with Gasteiger partial charge in [-0.15, -0.1) is 0 Å². The summed E-state index contributed by atoms with van der Waals surface area (Å²) in [5.41, 5.74) is 2.08. The summed E-state index contributed by atoms with van der Waals surface area (Å²) in [6, 6.07) is 5.98. The minimum absolute atomic E-state index is 0.315. The molecule has 92 valence electrons. The predicted molar refractivity (Wildman–Crippen MR) is 69.2 cm³/mol. The van der Waals surface area contributed by atoms with E-state index in [1.165, 1.54) is 0 Å². The van der Waals surface area contributed by atoms with E-state index in [1.807, 2.05) is 25.1 Å². The largest absolute Gasteiger partial charge is 0.496 e. The van der Waals surface area contributed by atoms with Gasteiger partial charge < -0.3 is 9.84 Å². The molecule has 0 spiro atoms. The molecule has 2 nitrogen and oxygen atoms in total. The van der Waals surface area contributed by atoms with Gasteiger partial charge in [0.1, 0.15) is 5.75 Å². The Morgan fingerprint density at radius 2 is 2.18 bits per heavy atom. The standard InChI is InChI=1S/C15H20O2/c1-11-8-9-14(17-2)13(10-11)15(16)12-6-4-3-5-7-12/h3-4,8-10,12,15-16H,5-7H2,1-2H3. The highest BCUT2D eigenvalue weighted by atomic mass is 16.5. The van der Waals surface area contributed by atoms with Gasteiger partial charge in [0.05, 0.1) is 13.2 Å². The van der Waals surface area contributed by atoms with E-state index < -0.39 is 6.10 Å². The summed E-state index contributed by atoms with van der Waals surface area (Å²) in [4.78, 5) is 0. The zero-order valence-electron chi connectivity index (χ0n) is 10.5. The van der Waals surface area contributed by atoms with E-state index in [1.54, 1.807) is 7.11 Å². The quantitative estimate of drug-likeness (QED) is 0.809. The maximum absolute atomic E-state index is 10.5. The van der Waals surface area contributed by atoms with Crippen molar-refractivity contribution in [3.63, 3.8) is 0 Å². The van der Waals surface area contributed by atoms with Gasteiger partial charge >= 0.3 is 0 Å². The molecule has 0 fully saturated rings. The van der Waals surface area contributed by atoms with Gasteiger partial charge in [0.2, 0.25) is 0 Å². The van der Waals surface area contributed by atoms with Crippen LogP contribution < -0.4 is 4.74 Å². The summed E-state index contributed by atoms with van der Waals surface area (Å²) in [5, 5.41) is 10.5. The SMILES string of the molecule is COc1ccc(C)cc1C(O)C1CC=CCC1. The lowest BCUT2D eigenvalue weighted by Gasteiger charge is -2.25. The smallest absolute Gasteiger partial charge is 0.124 e. The number of ether oxygens (including phenoxy) is 1. The Hall–Kier alpha value is -1.28. The molecule has 2 atom stereocenters.